The first-order chi connectivity index (χ1) is 16.6. The van der Waals surface area contributed by atoms with Gasteiger partial charge < -0.3 is 0 Å². The van der Waals surface area contributed by atoms with E-state index in [4.69, 9.17) is 9.97 Å². The van der Waals surface area contributed by atoms with Crippen molar-refractivity contribution in [1.29, 1.82) is 0 Å². The molecular formula is C32H40N2. The van der Waals surface area contributed by atoms with Crippen LogP contribution < -0.4 is 0 Å². The van der Waals surface area contributed by atoms with Crippen LogP contribution in [0.4, 0.5) is 0 Å². The summed E-state index contributed by atoms with van der Waals surface area (Å²) >= 11 is 0. The molecule has 2 nitrogen and oxygen atoms in total. The fourth-order valence-corrected chi connectivity index (χ4v) is 11.3. The normalized spacial score (nSPS) is 43.5. The maximum absolute atomic E-state index is 4.81. The van der Waals surface area contributed by atoms with Crippen LogP contribution in [0.1, 0.15) is 88.2 Å². The van der Waals surface area contributed by atoms with Gasteiger partial charge in [-0.1, -0.05) is 0 Å². The highest BCUT2D eigenvalue weighted by Gasteiger charge is 2.51. The van der Waals surface area contributed by atoms with Gasteiger partial charge in [-0.05, 0) is 172 Å². The fraction of sp³-hybridized carbons (Fsp3) is 0.688. The highest BCUT2D eigenvalue weighted by Crippen LogP contribution is 2.62. The Kier molecular flexibility index (Phi) is 4.46. The Labute approximate surface area is 205 Å². The molecule has 0 unspecified atom stereocenters. The summed E-state index contributed by atoms with van der Waals surface area (Å²) in [6.45, 7) is 0. The van der Waals surface area contributed by atoms with Crippen LogP contribution in [0.2, 0.25) is 0 Å². The Bertz CT molecular complexity index is 942. The lowest BCUT2D eigenvalue weighted by Crippen LogP contribution is -2.47. The van der Waals surface area contributed by atoms with E-state index < -0.39 is 0 Å². The first kappa shape index (κ1) is 20.5. The van der Waals surface area contributed by atoms with E-state index in [9.17, 15) is 0 Å². The van der Waals surface area contributed by atoms with E-state index in [0.717, 1.165) is 46.9 Å². The Morgan fingerprint density at radius 3 is 1.18 bits per heavy atom. The number of pyridine rings is 2. The first-order valence-electron chi connectivity index (χ1n) is 14.5. The zero-order valence-corrected chi connectivity index (χ0v) is 20.7. The number of aromatic nitrogens is 2. The second-order valence-electron chi connectivity index (χ2n) is 14.3. The topological polar surface area (TPSA) is 25.8 Å². The average Bonchev–Trinajstić information content (AvgIpc) is 2.77. The molecule has 2 heteroatoms. The summed E-state index contributed by atoms with van der Waals surface area (Å²) in [4.78, 5) is 9.62. The quantitative estimate of drug-likeness (QED) is 0.465. The zero-order chi connectivity index (χ0) is 22.3. The summed E-state index contributed by atoms with van der Waals surface area (Å²) < 4.78 is 0. The molecule has 0 atom stereocenters. The van der Waals surface area contributed by atoms with Crippen LogP contribution in [0.3, 0.4) is 0 Å². The van der Waals surface area contributed by atoms with Gasteiger partial charge in [0.25, 0.3) is 0 Å². The van der Waals surface area contributed by atoms with Gasteiger partial charge in [-0.25, -0.2) is 0 Å². The Morgan fingerprint density at radius 2 is 0.853 bits per heavy atom. The molecular weight excluding hydrogens is 412 g/mol. The molecule has 2 heterocycles. The van der Waals surface area contributed by atoms with Gasteiger partial charge in [0.1, 0.15) is 0 Å². The Balaban J connectivity index is 1.03. The molecule has 0 aliphatic heterocycles. The summed E-state index contributed by atoms with van der Waals surface area (Å²) in [5, 5.41) is 0. The molecule has 0 spiro atoms. The van der Waals surface area contributed by atoms with Crippen molar-refractivity contribution in [3.8, 4) is 11.4 Å². The number of hydrogen-bond donors (Lipinski definition) is 0. The van der Waals surface area contributed by atoms with E-state index in [1.54, 1.807) is 0 Å². The minimum absolute atomic E-state index is 0.584. The molecule has 0 aromatic carbocycles. The van der Waals surface area contributed by atoms with Gasteiger partial charge in [-0.2, -0.15) is 0 Å². The first-order valence-corrected chi connectivity index (χ1v) is 14.5. The van der Waals surface area contributed by atoms with Crippen LogP contribution in [0, 0.1) is 46.3 Å². The van der Waals surface area contributed by atoms with Crippen molar-refractivity contribution in [2.24, 2.45) is 46.3 Å². The Hall–Kier alpha value is -1.70. The largest absolute Gasteiger partial charge is 0.255 e. The molecule has 10 rings (SSSR count). The lowest BCUT2D eigenvalue weighted by molar-refractivity contribution is -0.0523. The highest BCUT2D eigenvalue weighted by molar-refractivity contribution is 5.56. The summed E-state index contributed by atoms with van der Waals surface area (Å²) in [6.07, 6.45) is 24.7. The molecule has 2 aromatic rings. The van der Waals surface area contributed by atoms with Gasteiger partial charge in [-0.3, -0.25) is 9.97 Å². The number of rotatable bonds is 5. The molecule has 0 N–H and O–H groups in total. The van der Waals surface area contributed by atoms with E-state index in [2.05, 4.69) is 36.7 Å². The molecule has 34 heavy (non-hydrogen) atoms. The van der Waals surface area contributed by atoms with Gasteiger partial charge in [0.05, 0.1) is 11.4 Å². The number of nitrogens with zero attached hydrogens (tertiary/aromatic N) is 2. The lowest BCUT2D eigenvalue weighted by atomic mass is 9.48. The molecule has 178 valence electrons. The minimum atomic E-state index is 0.584. The monoisotopic (exact) mass is 452 g/mol. The molecule has 2 aromatic heterocycles. The van der Waals surface area contributed by atoms with Crippen LogP contribution in [-0.4, -0.2) is 9.97 Å². The molecule has 8 bridgehead atoms. The van der Waals surface area contributed by atoms with Gasteiger partial charge in [0.2, 0.25) is 0 Å². The highest BCUT2D eigenvalue weighted by atomic mass is 14.8. The minimum Gasteiger partial charge on any atom is -0.255 e. The predicted molar refractivity (Wildman–Crippen MR) is 136 cm³/mol. The summed E-state index contributed by atoms with van der Waals surface area (Å²) in [7, 11) is 0. The predicted octanol–water partition coefficient (Wildman–Crippen LogP) is 7.66. The third-order valence-corrected chi connectivity index (χ3v) is 11.4. The second kappa shape index (κ2) is 7.40. The zero-order valence-electron chi connectivity index (χ0n) is 20.7. The van der Waals surface area contributed by atoms with Crippen molar-refractivity contribution in [3.63, 3.8) is 0 Å². The van der Waals surface area contributed by atoms with Crippen LogP contribution in [0.15, 0.2) is 36.7 Å². The van der Waals surface area contributed by atoms with Gasteiger partial charge >= 0.3 is 0 Å². The fourth-order valence-electron chi connectivity index (χ4n) is 11.3. The lowest BCUT2D eigenvalue weighted by Gasteiger charge is -2.57. The molecule has 8 aliphatic carbocycles. The van der Waals surface area contributed by atoms with Crippen molar-refractivity contribution >= 4 is 0 Å². The van der Waals surface area contributed by atoms with Crippen molar-refractivity contribution in [2.45, 2.75) is 89.9 Å². The van der Waals surface area contributed by atoms with E-state index in [1.165, 1.54) is 101 Å². The third-order valence-electron chi connectivity index (χ3n) is 11.4. The van der Waals surface area contributed by atoms with Crippen LogP contribution in [-0.2, 0) is 12.8 Å². The molecule has 0 saturated heterocycles. The molecule has 8 fully saturated rings. The van der Waals surface area contributed by atoms with Crippen LogP contribution >= 0.6 is 0 Å². The molecule has 8 aliphatic rings. The number of hydrogen-bond acceptors (Lipinski definition) is 2. The van der Waals surface area contributed by atoms with Crippen molar-refractivity contribution in [3.05, 3.63) is 47.8 Å². The van der Waals surface area contributed by atoms with Crippen LogP contribution in [0.5, 0.6) is 0 Å². The van der Waals surface area contributed by atoms with E-state index >= 15 is 0 Å². The van der Waals surface area contributed by atoms with Crippen molar-refractivity contribution < 1.29 is 0 Å². The van der Waals surface area contributed by atoms with Crippen molar-refractivity contribution in [2.75, 3.05) is 0 Å². The summed E-state index contributed by atoms with van der Waals surface area (Å²) in [5.74, 6) is 6.14. The van der Waals surface area contributed by atoms with E-state index in [0.29, 0.717) is 10.8 Å². The molecule has 0 radical (unpaired) electrons. The maximum atomic E-state index is 4.81. The SMILES string of the molecule is c1cc(CC23CC4CC(CC(C4)C2)C3)cc(-c2cc(CC34CC5CC(CC(C5)C3)C4)ccn2)n1. The van der Waals surface area contributed by atoms with E-state index in [1.807, 2.05) is 0 Å². The van der Waals surface area contributed by atoms with Gasteiger partial charge in [0, 0.05) is 12.4 Å². The van der Waals surface area contributed by atoms with Crippen LogP contribution in [0.25, 0.3) is 11.4 Å². The van der Waals surface area contributed by atoms with Gasteiger partial charge in [-0.15, -0.1) is 0 Å². The average molecular weight is 453 g/mol. The molecule has 8 saturated carbocycles. The Morgan fingerprint density at radius 1 is 0.529 bits per heavy atom. The van der Waals surface area contributed by atoms with Crippen molar-refractivity contribution in [1.82, 2.24) is 9.97 Å². The standard InChI is InChI=1S/C32H40N2/c1-3-33-29(11-21(1)13-31-15-23-5-24(16-31)7-25(6-23)17-31)30-12-22(2-4-34-30)14-32-18-26-8-27(19-32)10-28(9-26)20-32/h1-4,11-12,23-28H,5-10,13-20H2. The summed E-state index contributed by atoms with van der Waals surface area (Å²) in [5.41, 5.74) is 6.35. The smallest absolute Gasteiger partial charge is 0.0888 e. The molecule has 0 amide bonds. The second-order valence-corrected chi connectivity index (χ2v) is 14.3. The maximum Gasteiger partial charge on any atom is 0.0888 e. The van der Waals surface area contributed by atoms with E-state index in [-0.39, 0.29) is 0 Å². The summed E-state index contributed by atoms with van der Waals surface area (Å²) in [6, 6.07) is 9.35. The third kappa shape index (κ3) is 3.49. The van der Waals surface area contributed by atoms with Gasteiger partial charge in [0.15, 0.2) is 0 Å².